The number of hydrogen-bond donors (Lipinski definition) is 2. The summed E-state index contributed by atoms with van der Waals surface area (Å²) in [6.45, 7) is 2.12. The Hall–Kier alpha value is -3.80. The second kappa shape index (κ2) is 8.14. The fourth-order valence-corrected chi connectivity index (χ4v) is 4.27. The number of carbonyl (C=O) groups excluding carboxylic acids is 1. The molecule has 0 saturated carbocycles. The number of para-hydroxylation sites is 1. The number of benzene rings is 2. The van der Waals surface area contributed by atoms with Crippen LogP contribution in [0.1, 0.15) is 23.3 Å². The Bertz CT molecular complexity index is 1230. The summed E-state index contributed by atoms with van der Waals surface area (Å²) in [6.07, 6.45) is 4.15. The first-order valence-corrected chi connectivity index (χ1v) is 10.5. The minimum Gasteiger partial charge on any atom is -0.464 e. The zero-order chi connectivity index (χ0) is 21.2. The lowest BCUT2D eigenvalue weighted by Crippen LogP contribution is -2.17. The van der Waals surface area contributed by atoms with Crippen molar-refractivity contribution in [1.29, 1.82) is 0 Å². The highest BCUT2D eigenvalue weighted by atomic mass is 16.5. The van der Waals surface area contributed by atoms with Crippen molar-refractivity contribution in [3.8, 4) is 11.1 Å². The summed E-state index contributed by atoms with van der Waals surface area (Å²) in [7, 11) is 1.40. The molecule has 3 heterocycles. The molecule has 0 radical (unpaired) electrons. The number of esters is 1. The molecule has 0 atom stereocenters. The Kier molecular flexibility index (Phi) is 5.04. The normalized spacial score (nSPS) is 13.5. The van der Waals surface area contributed by atoms with Gasteiger partial charge in [0, 0.05) is 36.2 Å². The van der Waals surface area contributed by atoms with Crippen molar-refractivity contribution in [1.82, 2.24) is 9.97 Å². The van der Waals surface area contributed by atoms with Gasteiger partial charge in [-0.15, -0.1) is 0 Å². The van der Waals surface area contributed by atoms with Crippen LogP contribution in [0.15, 0.2) is 66.9 Å². The van der Waals surface area contributed by atoms with E-state index in [4.69, 9.17) is 4.74 Å². The minimum atomic E-state index is -0.412. The van der Waals surface area contributed by atoms with Gasteiger partial charge in [-0.25, -0.2) is 9.78 Å². The van der Waals surface area contributed by atoms with Gasteiger partial charge < -0.3 is 19.9 Å². The number of carbonyl (C=O) groups is 1. The molecule has 1 saturated heterocycles. The third-order valence-electron chi connectivity index (χ3n) is 5.74. The lowest BCUT2D eigenvalue weighted by molar-refractivity contribution is 0.0596. The number of nitrogens with one attached hydrogen (secondary N) is 2. The number of nitrogens with zero attached hydrogens (tertiary/aromatic N) is 2. The van der Waals surface area contributed by atoms with Crippen molar-refractivity contribution < 1.29 is 9.53 Å². The Morgan fingerprint density at radius 1 is 1.06 bits per heavy atom. The molecule has 1 fully saturated rings. The van der Waals surface area contributed by atoms with E-state index in [1.165, 1.54) is 25.6 Å². The molecule has 1 aliphatic rings. The second-order valence-corrected chi connectivity index (χ2v) is 7.68. The number of fused-ring (bicyclic) bond motifs is 1. The Morgan fingerprint density at radius 2 is 1.87 bits per heavy atom. The highest BCUT2D eigenvalue weighted by Crippen LogP contribution is 2.39. The number of aromatic nitrogens is 2. The van der Waals surface area contributed by atoms with Crippen molar-refractivity contribution in [2.75, 3.05) is 30.4 Å². The Morgan fingerprint density at radius 3 is 2.65 bits per heavy atom. The van der Waals surface area contributed by atoms with Crippen LogP contribution in [0.2, 0.25) is 0 Å². The maximum atomic E-state index is 12.7. The summed E-state index contributed by atoms with van der Waals surface area (Å²) in [4.78, 5) is 22.7. The predicted molar refractivity (Wildman–Crippen MR) is 124 cm³/mol. The number of hydrogen-bond acceptors (Lipinski definition) is 5. The van der Waals surface area contributed by atoms with Gasteiger partial charge in [0.15, 0.2) is 0 Å². The van der Waals surface area contributed by atoms with Crippen LogP contribution in [0.5, 0.6) is 0 Å². The van der Waals surface area contributed by atoms with E-state index in [1.807, 2.05) is 48.5 Å². The molecule has 0 unspecified atom stereocenters. The zero-order valence-electron chi connectivity index (χ0n) is 17.4. The van der Waals surface area contributed by atoms with Crippen LogP contribution in [-0.4, -0.2) is 36.1 Å². The highest BCUT2D eigenvalue weighted by Gasteiger charge is 2.23. The third kappa shape index (κ3) is 3.61. The molecule has 31 heavy (non-hydrogen) atoms. The first kappa shape index (κ1) is 19.2. The monoisotopic (exact) mass is 412 g/mol. The number of rotatable bonds is 5. The smallest absolute Gasteiger partial charge is 0.355 e. The van der Waals surface area contributed by atoms with E-state index in [-0.39, 0.29) is 0 Å². The topological polar surface area (TPSA) is 70.2 Å². The van der Waals surface area contributed by atoms with Crippen LogP contribution in [0.25, 0.3) is 22.2 Å². The van der Waals surface area contributed by atoms with Crippen molar-refractivity contribution in [2.24, 2.45) is 0 Å². The summed E-state index contributed by atoms with van der Waals surface area (Å²) in [5.41, 5.74) is 5.82. The van der Waals surface area contributed by atoms with E-state index in [2.05, 4.69) is 32.3 Å². The van der Waals surface area contributed by atoms with Crippen LogP contribution in [0.4, 0.5) is 17.1 Å². The second-order valence-electron chi connectivity index (χ2n) is 7.68. The number of pyridine rings is 1. The van der Waals surface area contributed by atoms with E-state index in [9.17, 15) is 4.79 Å². The first-order valence-electron chi connectivity index (χ1n) is 10.5. The van der Waals surface area contributed by atoms with Gasteiger partial charge in [0.1, 0.15) is 11.3 Å². The molecule has 4 aromatic rings. The van der Waals surface area contributed by atoms with Gasteiger partial charge in [-0.3, -0.25) is 0 Å². The summed E-state index contributed by atoms with van der Waals surface area (Å²) >= 11 is 0. The number of aromatic amines is 1. The molecule has 0 spiro atoms. The average molecular weight is 412 g/mol. The molecule has 2 aromatic carbocycles. The third-order valence-corrected chi connectivity index (χ3v) is 5.74. The number of ether oxygens (including phenoxy) is 1. The van der Waals surface area contributed by atoms with Crippen LogP contribution < -0.4 is 10.2 Å². The van der Waals surface area contributed by atoms with E-state index in [0.29, 0.717) is 11.3 Å². The van der Waals surface area contributed by atoms with Crippen LogP contribution >= 0.6 is 0 Å². The highest BCUT2D eigenvalue weighted by molar-refractivity contribution is 6.12. The predicted octanol–water partition coefficient (Wildman–Crippen LogP) is 5.36. The van der Waals surface area contributed by atoms with Gasteiger partial charge in [-0.05, 0) is 48.7 Å². The SMILES string of the molecule is COC(=O)c1[nH]c2nccc(Nc3ccccc3)c2c1-c1cccc(N2CCCC2)c1. The molecule has 156 valence electrons. The first-order chi connectivity index (χ1) is 15.2. The van der Waals surface area contributed by atoms with Crippen LogP contribution in [-0.2, 0) is 4.74 Å². The summed E-state index contributed by atoms with van der Waals surface area (Å²) in [6, 6.07) is 20.3. The zero-order valence-corrected chi connectivity index (χ0v) is 17.4. The maximum absolute atomic E-state index is 12.7. The van der Waals surface area contributed by atoms with Gasteiger partial charge in [-0.2, -0.15) is 0 Å². The molecule has 0 amide bonds. The van der Waals surface area contributed by atoms with Gasteiger partial charge in [0.05, 0.1) is 18.2 Å². The molecule has 2 aromatic heterocycles. The van der Waals surface area contributed by atoms with Crippen molar-refractivity contribution >= 4 is 34.1 Å². The van der Waals surface area contributed by atoms with Crippen molar-refractivity contribution in [3.05, 3.63) is 72.6 Å². The van der Waals surface area contributed by atoms with E-state index in [1.54, 1.807) is 6.20 Å². The summed E-state index contributed by atoms with van der Waals surface area (Å²) in [5.74, 6) is -0.412. The largest absolute Gasteiger partial charge is 0.464 e. The standard InChI is InChI=1S/C25H24N4O2/c1-31-25(30)23-21(17-8-7-11-19(16-17)29-14-5-6-15-29)22-20(12-13-26-24(22)28-23)27-18-9-3-2-4-10-18/h2-4,7-13,16H,5-6,14-15H2,1H3,(H2,26,27,28). The molecule has 6 nitrogen and oxygen atoms in total. The fraction of sp³-hybridized carbons (Fsp3) is 0.200. The lowest BCUT2D eigenvalue weighted by atomic mass is 10.0. The molecular formula is C25H24N4O2. The minimum absolute atomic E-state index is 0.408. The summed E-state index contributed by atoms with van der Waals surface area (Å²) < 4.78 is 5.09. The van der Waals surface area contributed by atoms with Gasteiger partial charge in [-0.1, -0.05) is 30.3 Å². The molecule has 1 aliphatic heterocycles. The number of anilines is 3. The molecule has 6 heteroatoms. The van der Waals surface area contributed by atoms with Crippen LogP contribution in [0.3, 0.4) is 0 Å². The average Bonchev–Trinajstić information content (AvgIpc) is 3.48. The van der Waals surface area contributed by atoms with Crippen molar-refractivity contribution in [3.63, 3.8) is 0 Å². The fourth-order valence-electron chi connectivity index (χ4n) is 4.27. The number of methoxy groups -OCH3 is 1. The van der Waals surface area contributed by atoms with Crippen LogP contribution in [0, 0.1) is 0 Å². The molecular weight excluding hydrogens is 388 g/mol. The lowest BCUT2D eigenvalue weighted by Gasteiger charge is -2.18. The van der Waals surface area contributed by atoms with E-state index < -0.39 is 5.97 Å². The number of H-pyrrole nitrogens is 1. The molecule has 5 rings (SSSR count). The molecule has 2 N–H and O–H groups in total. The van der Waals surface area contributed by atoms with Crippen molar-refractivity contribution in [2.45, 2.75) is 12.8 Å². The van der Waals surface area contributed by atoms with Gasteiger partial charge in [0.2, 0.25) is 0 Å². The summed E-state index contributed by atoms with van der Waals surface area (Å²) in [5, 5.41) is 4.34. The molecule has 0 bridgehead atoms. The van der Waals surface area contributed by atoms with E-state index >= 15 is 0 Å². The van der Waals surface area contributed by atoms with Gasteiger partial charge >= 0.3 is 5.97 Å². The maximum Gasteiger partial charge on any atom is 0.355 e. The van der Waals surface area contributed by atoms with Gasteiger partial charge in [0.25, 0.3) is 0 Å². The Balaban J connectivity index is 1.70. The Labute approximate surface area is 180 Å². The van der Waals surface area contributed by atoms with E-state index in [0.717, 1.165) is 41.0 Å². The quantitative estimate of drug-likeness (QED) is 0.432. The molecule has 0 aliphatic carbocycles.